The summed E-state index contributed by atoms with van der Waals surface area (Å²) in [5, 5.41) is 8.01. The Morgan fingerprint density at radius 3 is 2.75 bits per heavy atom. The topological polar surface area (TPSA) is 12.0 Å². The zero-order chi connectivity index (χ0) is 11.4. The van der Waals surface area contributed by atoms with Crippen molar-refractivity contribution in [1.29, 1.82) is 0 Å². The molecule has 0 saturated heterocycles. The van der Waals surface area contributed by atoms with E-state index < -0.39 is 0 Å². The van der Waals surface area contributed by atoms with Gasteiger partial charge < -0.3 is 5.32 Å². The van der Waals surface area contributed by atoms with Crippen molar-refractivity contribution >= 4 is 11.3 Å². The second-order valence-corrected chi connectivity index (χ2v) is 6.15. The van der Waals surface area contributed by atoms with Crippen LogP contribution in [0, 0.1) is 5.41 Å². The average molecular weight is 237 g/mol. The van der Waals surface area contributed by atoms with E-state index in [1.807, 2.05) is 11.3 Å². The fraction of sp³-hybridized carbons (Fsp3) is 0.714. The molecule has 2 heteroatoms. The summed E-state index contributed by atoms with van der Waals surface area (Å²) in [7, 11) is 2.13. The van der Waals surface area contributed by atoms with E-state index in [-0.39, 0.29) is 0 Å². The van der Waals surface area contributed by atoms with E-state index in [0.29, 0.717) is 11.5 Å². The molecule has 1 fully saturated rings. The molecule has 1 nitrogen and oxygen atoms in total. The molecule has 2 rings (SSSR count). The van der Waals surface area contributed by atoms with E-state index in [1.54, 1.807) is 0 Å². The van der Waals surface area contributed by atoms with E-state index in [1.165, 1.54) is 44.1 Å². The largest absolute Gasteiger partial charge is 0.316 e. The van der Waals surface area contributed by atoms with Crippen molar-refractivity contribution in [1.82, 2.24) is 5.32 Å². The van der Waals surface area contributed by atoms with Crippen LogP contribution < -0.4 is 5.32 Å². The first-order valence-electron chi connectivity index (χ1n) is 6.43. The summed E-state index contributed by atoms with van der Waals surface area (Å²) in [6, 6.07) is 2.95. The Labute approximate surface area is 103 Å². The van der Waals surface area contributed by atoms with Crippen molar-refractivity contribution in [2.24, 2.45) is 5.41 Å². The summed E-state index contributed by atoms with van der Waals surface area (Å²) in [4.78, 5) is 0. The monoisotopic (exact) mass is 237 g/mol. The highest BCUT2D eigenvalue weighted by Crippen LogP contribution is 2.41. The molecule has 1 aromatic heterocycles. The molecule has 90 valence electrons. The van der Waals surface area contributed by atoms with Gasteiger partial charge in [-0.05, 0) is 60.5 Å². The van der Waals surface area contributed by atoms with Gasteiger partial charge in [-0.15, -0.1) is 0 Å². The first kappa shape index (κ1) is 12.1. The Morgan fingerprint density at radius 1 is 1.44 bits per heavy atom. The third-order valence-electron chi connectivity index (χ3n) is 4.24. The van der Waals surface area contributed by atoms with Crippen LogP contribution in [-0.4, -0.2) is 13.1 Å². The Morgan fingerprint density at radius 2 is 2.19 bits per heavy atom. The summed E-state index contributed by atoms with van der Waals surface area (Å²) in [6.07, 6.45) is 8.17. The van der Waals surface area contributed by atoms with Gasteiger partial charge in [0.2, 0.25) is 0 Å². The van der Waals surface area contributed by atoms with Crippen LogP contribution in [0.2, 0.25) is 0 Å². The predicted molar refractivity (Wildman–Crippen MR) is 72.1 cm³/mol. The van der Waals surface area contributed by atoms with E-state index in [0.717, 1.165) is 0 Å². The van der Waals surface area contributed by atoms with Crippen molar-refractivity contribution in [3.63, 3.8) is 0 Å². The number of thiophene rings is 1. The zero-order valence-corrected chi connectivity index (χ0v) is 11.3. The van der Waals surface area contributed by atoms with Gasteiger partial charge in [-0.25, -0.2) is 0 Å². The summed E-state index contributed by atoms with van der Waals surface area (Å²) in [6.45, 7) is 2.47. The van der Waals surface area contributed by atoms with Crippen molar-refractivity contribution in [3.05, 3.63) is 22.4 Å². The molecule has 0 spiro atoms. The maximum absolute atomic E-state index is 3.55. The lowest BCUT2D eigenvalue weighted by Crippen LogP contribution is -2.40. The predicted octanol–water partition coefficient (Wildman–Crippen LogP) is 3.85. The van der Waals surface area contributed by atoms with Crippen LogP contribution in [0.1, 0.15) is 44.6 Å². The van der Waals surface area contributed by atoms with Crippen LogP contribution in [0.4, 0.5) is 0 Å². The second-order valence-electron chi connectivity index (χ2n) is 5.37. The smallest absolute Gasteiger partial charge is 0.0121 e. The molecule has 1 aromatic rings. The van der Waals surface area contributed by atoms with Gasteiger partial charge in [0.05, 0.1) is 0 Å². The maximum atomic E-state index is 3.55. The SMILES string of the molecule is CNC(CCc1ccsc1)C1(C)CCCC1. The molecule has 1 N–H and O–H groups in total. The molecule has 16 heavy (non-hydrogen) atoms. The summed E-state index contributed by atoms with van der Waals surface area (Å²) >= 11 is 1.81. The molecule has 0 radical (unpaired) electrons. The molecule has 1 heterocycles. The third-order valence-corrected chi connectivity index (χ3v) is 4.97. The first-order valence-corrected chi connectivity index (χ1v) is 7.37. The van der Waals surface area contributed by atoms with Crippen LogP contribution in [-0.2, 0) is 6.42 Å². The minimum Gasteiger partial charge on any atom is -0.316 e. The van der Waals surface area contributed by atoms with Gasteiger partial charge in [0, 0.05) is 6.04 Å². The Bertz CT molecular complexity index is 299. The van der Waals surface area contributed by atoms with E-state index >= 15 is 0 Å². The Kier molecular flexibility index (Phi) is 4.04. The maximum Gasteiger partial charge on any atom is 0.0121 e. The van der Waals surface area contributed by atoms with Crippen LogP contribution in [0.3, 0.4) is 0 Å². The van der Waals surface area contributed by atoms with E-state index in [2.05, 4.69) is 36.1 Å². The van der Waals surface area contributed by atoms with E-state index in [4.69, 9.17) is 0 Å². The van der Waals surface area contributed by atoms with Gasteiger partial charge >= 0.3 is 0 Å². The summed E-state index contributed by atoms with van der Waals surface area (Å²) in [5.41, 5.74) is 2.05. The van der Waals surface area contributed by atoms with Crippen LogP contribution >= 0.6 is 11.3 Å². The van der Waals surface area contributed by atoms with E-state index in [9.17, 15) is 0 Å². The molecular formula is C14H23NS. The minimum atomic E-state index is 0.546. The van der Waals surface area contributed by atoms with Gasteiger partial charge in [0.15, 0.2) is 0 Å². The first-order chi connectivity index (χ1) is 7.74. The molecule has 0 amide bonds. The lowest BCUT2D eigenvalue weighted by molar-refractivity contribution is 0.220. The normalized spacial score (nSPS) is 21.1. The molecule has 1 saturated carbocycles. The van der Waals surface area contributed by atoms with Crippen molar-refractivity contribution in [2.75, 3.05) is 7.05 Å². The van der Waals surface area contributed by atoms with Crippen LogP contribution in [0.15, 0.2) is 16.8 Å². The fourth-order valence-corrected chi connectivity index (χ4v) is 3.82. The number of rotatable bonds is 5. The molecule has 1 aliphatic rings. The molecule has 0 aliphatic heterocycles. The molecule has 0 bridgehead atoms. The van der Waals surface area contributed by atoms with Gasteiger partial charge in [-0.3, -0.25) is 0 Å². The lowest BCUT2D eigenvalue weighted by Gasteiger charge is -2.34. The zero-order valence-electron chi connectivity index (χ0n) is 10.5. The number of hydrogen-bond donors (Lipinski definition) is 1. The third kappa shape index (κ3) is 2.67. The van der Waals surface area contributed by atoms with Gasteiger partial charge in [-0.1, -0.05) is 19.8 Å². The Hall–Kier alpha value is -0.340. The molecule has 1 atom stereocenters. The van der Waals surface area contributed by atoms with Crippen molar-refractivity contribution in [2.45, 2.75) is 51.5 Å². The average Bonchev–Trinajstić information content (AvgIpc) is 2.91. The number of nitrogens with one attached hydrogen (secondary N) is 1. The molecule has 1 unspecified atom stereocenters. The number of hydrogen-bond acceptors (Lipinski definition) is 2. The van der Waals surface area contributed by atoms with Crippen LogP contribution in [0.25, 0.3) is 0 Å². The Balaban J connectivity index is 1.90. The fourth-order valence-electron chi connectivity index (χ4n) is 3.12. The number of aryl methyl sites for hydroxylation is 1. The molecule has 0 aromatic carbocycles. The molecular weight excluding hydrogens is 214 g/mol. The van der Waals surface area contributed by atoms with Crippen LogP contribution in [0.5, 0.6) is 0 Å². The standard InChI is InChI=1S/C14H23NS/c1-14(8-3-4-9-14)13(15-2)6-5-12-7-10-16-11-12/h7,10-11,13,15H,3-6,8-9H2,1-2H3. The van der Waals surface area contributed by atoms with Crippen molar-refractivity contribution in [3.8, 4) is 0 Å². The van der Waals surface area contributed by atoms with Crippen molar-refractivity contribution < 1.29 is 0 Å². The summed E-state index contributed by atoms with van der Waals surface area (Å²) in [5.74, 6) is 0. The summed E-state index contributed by atoms with van der Waals surface area (Å²) < 4.78 is 0. The highest BCUT2D eigenvalue weighted by atomic mass is 32.1. The minimum absolute atomic E-state index is 0.546. The van der Waals surface area contributed by atoms with Gasteiger partial charge in [0.1, 0.15) is 0 Å². The van der Waals surface area contributed by atoms with Gasteiger partial charge in [-0.2, -0.15) is 11.3 Å². The highest BCUT2D eigenvalue weighted by Gasteiger charge is 2.35. The van der Waals surface area contributed by atoms with Gasteiger partial charge in [0.25, 0.3) is 0 Å². The second kappa shape index (κ2) is 5.33. The highest BCUT2D eigenvalue weighted by molar-refractivity contribution is 7.07. The lowest BCUT2D eigenvalue weighted by atomic mass is 9.78. The molecule has 1 aliphatic carbocycles. The quantitative estimate of drug-likeness (QED) is 0.820.